The minimum atomic E-state index is 0.175. The number of aromatic nitrogens is 2. The average Bonchev–Trinajstić information content (AvgIpc) is 2.97. The molecule has 1 aromatic heterocycles. The number of benzene rings is 2. The van der Waals surface area contributed by atoms with Gasteiger partial charge in [0.15, 0.2) is 0 Å². The maximum atomic E-state index is 4.32. The highest BCUT2D eigenvalue weighted by Gasteiger charge is 2.14. The lowest BCUT2D eigenvalue weighted by Crippen LogP contribution is -2.10. The summed E-state index contributed by atoms with van der Waals surface area (Å²) in [6.07, 6.45) is 0. The van der Waals surface area contributed by atoms with Gasteiger partial charge in [0, 0.05) is 11.1 Å². The summed E-state index contributed by atoms with van der Waals surface area (Å²) in [4.78, 5) is 0. The van der Waals surface area contributed by atoms with Crippen molar-refractivity contribution >= 4 is 11.3 Å². The minimum absolute atomic E-state index is 0.175. The summed E-state index contributed by atoms with van der Waals surface area (Å²) in [6.45, 7) is 6.67. The summed E-state index contributed by atoms with van der Waals surface area (Å²) in [5, 5.41) is 10.6. The Morgan fingerprint density at radius 3 is 1.76 bits per heavy atom. The Labute approximate surface area is 129 Å². The van der Waals surface area contributed by atoms with E-state index in [1.807, 2.05) is 18.2 Å². The largest absolute Gasteiger partial charge is 0.148 e. The van der Waals surface area contributed by atoms with Crippen LogP contribution < -0.4 is 0 Å². The Kier molecular flexibility index (Phi) is 3.60. The van der Waals surface area contributed by atoms with Crippen LogP contribution in [0.25, 0.3) is 21.1 Å². The van der Waals surface area contributed by atoms with Crippen molar-refractivity contribution in [2.45, 2.75) is 26.2 Å². The first-order chi connectivity index (χ1) is 10.0. The van der Waals surface area contributed by atoms with E-state index >= 15 is 0 Å². The third-order valence-electron chi connectivity index (χ3n) is 3.44. The summed E-state index contributed by atoms with van der Waals surface area (Å²) in [7, 11) is 0. The Hall–Kier alpha value is -2.00. The van der Waals surface area contributed by atoms with Crippen LogP contribution in [-0.4, -0.2) is 10.2 Å². The van der Waals surface area contributed by atoms with Gasteiger partial charge in [-0.05, 0) is 11.0 Å². The molecule has 2 nitrogen and oxygen atoms in total. The summed E-state index contributed by atoms with van der Waals surface area (Å²) < 4.78 is 0. The highest BCUT2D eigenvalue weighted by Crippen LogP contribution is 2.31. The molecule has 0 N–H and O–H groups in total. The molecular weight excluding hydrogens is 276 g/mol. The summed E-state index contributed by atoms with van der Waals surface area (Å²) >= 11 is 1.63. The van der Waals surface area contributed by atoms with Gasteiger partial charge in [-0.25, -0.2) is 0 Å². The van der Waals surface area contributed by atoms with Gasteiger partial charge in [-0.2, -0.15) is 0 Å². The van der Waals surface area contributed by atoms with E-state index in [4.69, 9.17) is 0 Å². The van der Waals surface area contributed by atoms with E-state index in [2.05, 4.69) is 67.4 Å². The molecule has 0 aliphatic heterocycles. The van der Waals surface area contributed by atoms with Gasteiger partial charge in [-0.3, -0.25) is 0 Å². The molecule has 2 aromatic carbocycles. The van der Waals surface area contributed by atoms with Gasteiger partial charge in [0.2, 0.25) is 0 Å². The second-order valence-corrected chi connectivity index (χ2v) is 7.08. The normalized spacial score (nSPS) is 11.6. The van der Waals surface area contributed by atoms with E-state index < -0.39 is 0 Å². The summed E-state index contributed by atoms with van der Waals surface area (Å²) in [6, 6.07) is 18.8. The van der Waals surface area contributed by atoms with Crippen LogP contribution in [0.4, 0.5) is 0 Å². The molecule has 3 heteroatoms. The van der Waals surface area contributed by atoms with E-state index in [0.29, 0.717) is 0 Å². The van der Waals surface area contributed by atoms with Crippen LogP contribution in [0.3, 0.4) is 0 Å². The van der Waals surface area contributed by atoms with E-state index in [1.165, 1.54) is 5.56 Å². The zero-order valence-electron chi connectivity index (χ0n) is 12.5. The van der Waals surface area contributed by atoms with Crippen LogP contribution in [0.1, 0.15) is 26.3 Å². The molecule has 21 heavy (non-hydrogen) atoms. The third kappa shape index (κ3) is 3.03. The van der Waals surface area contributed by atoms with Gasteiger partial charge in [-0.15, -0.1) is 10.2 Å². The molecule has 0 atom stereocenters. The van der Waals surface area contributed by atoms with Gasteiger partial charge in [-0.1, -0.05) is 86.7 Å². The zero-order valence-corrected chi connectivity index (χ0v) is 13.3. The van der Waals surface area contributed by atoms with Gasteiger partial charge >= 0.3 is 0 Å². The predicted molar refractivity (Wildman–Crippen MR) is 89.5 cm³/mol. The van der Waals surface area contributed by atoms with E-state index in [-0.39, 0.29) is 5.41 Å². The Morgan fingerprint density at radius 2 is 1.24 bits per heavy atom. The fourth-order valence-electron chi connectivity index (χ4n) is 2.15. The van der Waals surface area contributed by atoms with Gasteiger partial charge < -0.3 is 0 Å². The van der Waals surface area contributed by atoms with Crippen LogP contribution in [0.15, 0.2) is 54.6 Å². The predicted octanol–water partition coefficient (Wildman–Crippen LogP) is 5.17. The zero-order chi connectivity index (χ0) is 14.9. The second-order valence-electron chi connectivity index (χ2n) is 6.11. The maximum Gasteiger partial charge on any atom is 0.148 e. The standard InChI is InChI=1S/C18H18N2S/c1-18(2,3)15-11-9-14(10-12-15)17-20-19-16(21-17)13-7-5-4-6-8-13/h4-12H,1-3H3. The fraction of sp³-hybridized carbons (Fsp3) is 0.222. The quantitative estimate of drug-likeness (QED) is 0.651. The molecular formula is C18H18N2S. The lowest BCUT2D eigenvalue weighted by atomic mass is 9.87. The first kappa shape index (κ1) is 14.0. The maximum absolute atomic E-state index is 4.32. The van der Waals surface area contributed by atoms with Crippen LogP contribution in [0.2, 0.25) is 0 Å². The number of hydrogen-bond donors (Lipinski definition) is 0. The Bertz CT molecular complexity index is 722. The van der Waals surface area contributed by atoms with E-state index in [0.717, 1.165) is 21.1 Å². The monoisotopic (exact) mass is 294 g/mol. The average molecular weight is 294 g/mol. The Morgan fingerprint density at radius 1 is 0.714 bits per heavy atom. The van der Waals surface area contributed by atoms with Gasteiger partial charge in [0.25, 0.3) is 0 Å². The Balaban J connectivity index is 1.90. The van der Waals surface area contributed by atoms with Crippen LogP contribution in [0, 0.1) is 0 Å². The molecule has 0 saturated heterocycles. The van der Waals surface area contributed by atoms with Crippen LogP contribution in [0.5, 0.6) is 0 Å². The molecule has 0 spiro atoms. The molecule has 0 amide bonds. The van der Waals surface area contributed by atoms with Crippen molar-refractivity contribution in [3.8, 4) is 21.1 Å². The van der Waals surface area contributed by atoms with Crippen molar-refractivity contribution in [3.63, 3.8) is 0 Å². The van der Waals surface area contributed by atoms with Crippen LogP contribution >= 0.6 is 11.3 Å². The topological polar surface area (TPSA) is 25.8 Å². The van der Waals surface area contributed by atoms with Gasteiger partial charge in [0.05, 0.1) is 0 Å². The van der Waals surface area contributed by atoms with Crippen molar-refractivity contribution in [1.82, 2.24) is 10.2 Å². The highest BCUT2D eigenvalue weighted by atomic mass is 32.1. The third-order valence-corrected chi connectivity index (χ3v) is 4.47. The smallest absolute Gasteiger partial charge is 0.138 e. The van der Waals surface area contributed by atoms with E-state index in [9.17, 15) is 0 Å². The van der Waals surface area contributed by atoms with Gasteiger partial charge in [0.1, 0.15) is 10.0 Å². The van der Waals surface area contributed by atoms with Crippen molar-refractivity contribution in [2.75, 3.05) is 0 Å². The van der Waals surface area contributed by atoms with Crippen molar-refractivity contribution in [1.29, 1.82) is 0 Å². The SMILES string of the molecule is CC(C)(C)c1ccc(-c2nnc(-c3ccccc3)s2)cc1. The molecule has 0 aliphatic carbocycles. The van der Waals surface area contributed by atoms with Crippen LogP contribution in [-0.2, 0) is 5.41 Å². The molecule has 3 rings (SSSR count). The van der Waals surface area contributed by atoms with Crippen molar-refractivity contribution in [2.24, 2.45) is 0 Å². The minimum Gasteiger partial charge on any atom is -0.138 e. The number of nitrogens with zero attached hydrogens (tertiary/aromatic N) is 2. The molecule has 1 heterocycles. The highest BCUT2D eigenvalue weighted by molar-refractivity contribution is 7.17. The van der Waals surface area contributed by atoms with Crippen molar-refractivity contribution in [3.05, 3.63) is 60.2 Å². The molecule has 0 aliphatic rings. The molecule has 0 fully saturated rings. The number of rotatable bonds is 2. The molecule has 106 valence electrons. The van der Waals surface area contributed by atoms with Crippen molar-refractivity contribution < 1.29 is 0 Å². The summed E-state index contributed by atoms with van der Waals surface area (Å²) in [5.74, 6) is 0. The fourth-order valence-corrected chi connectivity index (χ4v) is 3.00. The first-order valence-corrected chi connectivity index (χ1v) is 7.85. The summed E-state index contributed by atoms with van der Waals surface area (Å²) in [5.41, 5.74) is 3.75. The lowest BCUT2D eigenvalue weighted by Gasteiger charge is -2.18. The van der Waals surface area contributed by atoms with E-state index in [1.54, 1.807) is 11.3 Å². The molecule has 0 unspecified atom stereocenters. The molecule has 3 aromatic rings. The second kappa shape index (κ2) is 5.41. The molecule has 0 radical (unpaired) electrons. The molecule has 0 saturated carbocycles. The first-order valence-electron chi connectivity index (χ1n) is 7.04. The lowest BCUT2D eigenvalue weighted by molar-refractivity contribution is 0.590. The number of hydrogen-bond acceptors (Lipinski definition) is 3. The molecule has 0 bridgehead atoms.